The van der Waals surface area contributed by atoms with Gasteiger partial charge in [-0.05, 0) is 23.1 Å². The Morgan fingerprint density at radius 2 is 2.04 bits per heavy atom. The molecule has 1 aliphatic rings. The lowest BCUT2D eigenvalue weighted by molar-refractivity contribution is -0.121. The van der Waals surface area contributed by atoms with Gasteiger partial charge >= 0.3 is 0 Å². The number of para-hydroxylation sites is 1. The zero-order valence-corrected chi connectivity index (χ0v) is 13.4. The van der Waals surface area contributed by atoms with E-state index in [4.69, 9.17) is 4.74 Å². The summed E-state index contributed by atoms with van der Waals surface area (Å²) >= 11 is 1.38. The minimum atomic E-state index is -0.137. The Labute approximate surface area is 138 Å². The number of thiophene rings is 1. The second-order valence-corrected chi connectivity index (χ2v) is 6.29. The molecule has 2 heterocycles. The fraction of sp³-hybridized carbons (Fsp3) is 0.294. The van der Waals surface area contributed by atoms with Crippen LogP contribution in [0.1, 0.15) is 21.7 Å². The van der Waals surface area contributed by atoms with Gasteiger partial charge in [-0.15, -0.1) is 11.3 Å². The quantitative estimate of drug-likeness (QED) is 0.851. The van der Waals surface area contributed by atoms with Gasteiger partial charge in [0.05, 0.1) is 11.4 Å². The van der Waals surface area contributed by atoms with E-state index in [1.165, 1.54) is 16.9 Å². The summed E-state index contributed by atoms with van der Waals surface area (Å²) < 4.78 is 5.77. The topological polar surface area (TPSA) is 67.4 Å². The van der Waals surface area contributed by atoms with E-state index in [1.807, 2.05) is 35.7 Å². The monoisotopic (exact) mass is 330 g/mol. The average Bonchev–Trinajstić information content (AvgIpc) is 3.21. The maximum atomic E-state index is 11.8. The van der Waals surface area contributed by atoms with Crippen LogP contribution in [-0.2, 0) is 11.2 Å². The van der Waals surface area contributed by atoms with E-state index in [9.17, 15) is 9.59 Å². The molecule has 1 aromatic carbocycles. The summed E-state index contributed by atoms with van der Waals surface area (Å²) in [5, 5.41) is 7.44. The zero-order valence-electron chi connectivity index (χ0n) is 12.6. The first-order valence-electron chi connectivity index (χ1n) is 7.55. The molecular weight excluding hydrogens is 312 g/mol. The Morgan fingerprint density at radius 1 is 1.17 bits per heavy atom. The van der Waals surface area contributed by atoms with E-state index in [2.05, 4.69) is 10.6 Å². The molecule has 0 fully saturated rings. The highest BCUT2D eigenvalue weighted by molar-refractivity contribution is 7.12. The number of carbonyl (C=O) groups is 2. The van der Waals surface area contributed by atoms with E-state index < -0.39 is 0 Å². The molecule has 0 aliphatic carbocycles. The van der Waals surface area contributed by atoms with Gasteiger partial charge in [0.2, 0.25) is 5.91 Å². The van der Waals surface area contributed by atoms with Crippen molar-refractivity contribution in [3.63, 3.8) is 0 Å². The second-order valence-electron chi connectivity index (χ2n) is 5.34. The Balaban J connectivity index is 1.34. The molecule has 0 saturated carbocycles. The lowest BCUT2D eigenvalue weighted by atomic mass is 10.1. The highest BCUT2D eigenvalue weighted by Gasteiger charge is 2.22. The number of ether oxygens (including phenoxy) is 1. The molecule has 0 radical (unpaired) electrons. The standard InChI is InChI=1S/C17H18N2O3S/c20-16(7-8-18-17(21)15-6-3-9-23-15)19-11-13-10-12-4-1-2-5-14(12)22-13/h1-6,9,13H,7-8,10-11H2,(H,18,21)(H,19,20). The van der Waals surface area contributed by atoms with Crippen LogP contribution in [0, 0.1) is 0 Å². The molecule has 2 aromatic rings. The Kier molecular flexibility index (Phi) is 4.92. The van der Waals surface area contributed by atoms with Gasteiger partial charge in [-0.1, -0.05) is 24.3 Å². The van der Waals surface area contributed by atoms with Crippen molar-refractivity contribution in [2.75, 3.05) is 13.1 Å². The number of hydrogen-bond donors (Lipinski definition) is 2. The molecule has 1 aromatic heterocycles. The van der Waals surface area contributed by atoms with Crippen LogP contribution in [0.3, 0.4) is 0 Å². The normalized spacial score (nSPS) is 15.6. The van der Waals surface area contributed by atoms with Gasteiger partial charge < -0.3 is 15.4 Å². The van der Waals surface area contributed by atoms with Crippen LogP contribution in [0.5, 0.6) is 5.75 Å². The van der Waals surface area contributed by atoms with Gasteiger partial charge in [-0.25, -0.2) is 0 Å². The number of nitrogens with one attached hydrogen (secondary N) is 2. The Morgan fingerprint density at radius 3 is 2.83 bits per heavy atom. The number of benzene rings is 1. The zero-order chi connectivity index (χ0) is 16.1. The average molecular weight is 330 g/mol. The van der Waals surface area contributed by atoms with Crippen molar-refractivity contribution in [2.24, 2.45) is 0 Å². The first kappa shape index (κ1) is 15.6. The Bertz CT molecular complexity index is 660. The van der Waals surface area contributed by atoms with E-state index in [0.29, 0.717) is 18.0 Å². The maximum absolute atomic E-state index is 11.8. The van der Waals surface area contributed by atoms with E-state index >= 15 is 0 Å². The molecule has 6 heteroatoms. The molecule has 3 rings (SSSR count). The summed E-state index contributed by atoms with van der Waals surface area (Å²) in [7, 11) is 0. The number of carbonyl (C=O) groups excluding carboxylic acids is 2. The molecule has 120 valence electrons. The fourth-order valence-corrected chi connectivity index (χ4v) is 3.11. The van der Waals surface area contributed by atoms with Gasteiger partial charge in [-0.3, -0.25) is 9.59 Å². The first-order chi connectivity index (χ1) is 11.2. The lowest BCUT2D eigenvalue weighted by Crippen LogP contribution is -2.36. The lowest BCUT2D eigenvalue weighted by Gasteiger charge is -2.12. The highest BCUT2D eigenvalue weighted by Crippen LogP contribution is 2.27. The van der Waals surface area contributed by atoms with E-state index in [1.54, 1.807) is 6.07 Å². The third-order valence-electron chi connectivity index (χ3n) is 3.62. The van der Waals surface area contributed by atoms with Crippen LogP contribution < -0.4 is 15.4 Å². The van der Waals surface area contributed by atoms with Crippen molar-refractivity contribution < 1.29 is 14.3 Å². The molecule has 2 N–H and O–H groups in total. The molecule has 0 bridgehead atoms. The van der Waals surface area contributed by atoms with Gasteiger partial charge in [-0.2, -0.15) is 0 Å². The van der Waals surface area contributed by atoms with Crippen molar-refractivity contribution in [3.05, 3.63) is 52.2 Å². The molecular formula is C17H18N2O3S. The molecule has 1 aliphatic heterocycles. The van der Waals surface area contributed by atoms with Crippen molar-refractivity contribution >= 4 is 23.2 Å². The van der Waals surface area contributed by atoms with Gasteiger partial charge in [0, 0.05) is 19.4 Å². The van der Waals surface area contributed by atoms with Crippen LogP contribution in [-0.4, -0.2) is 31.0 Å². The third-order valence-corrected chi connectivity index (χ3v) is 4.49. The van der Waals surface area contributed by atoms with E-state index in [-0.39, 0.29) is 24.3 Å². The van der Waals surface area contributed by atoms with Crippen molar-refractivity contribution in [2.45, 2.75) is 18.9 Å². The number of hydrogen-bond acceptors (Lipinski definition) is 4. The number of rotatable bonds is 6. The number of fused-ring (bicyclic) bond motifs is 1. The first-order valence-corrected chi connectivity index (χ1v) is 8.43. The molecule has 0 saturated heterocycles. The minimum Gasteiger partial charge on any atom is -0.488 e. The smallest absolute Gasteiger partial charge is 0.261 e. The van der Waals surface area contributed by atoms with Gasteiger partial charge in [0.15, 0.2) is 0 Å². The maximum Gasteiger partial charge on any atom is 0.261 e. The predicted octanol–water partition coefficient (Wildman–Crippen LogP) is 1.99. The highest BCUT2D eigenvalue weighted by atomic mass is 32.1. The SMILES string of the molecule is O=C(CCNC(=O)c1cccs1)NCC1Cc2ccccc2O1. The van der Waals surface area contributed by atoms with Crippen molar-refractivity contribution in [1.82, 2.24) is 10.6 Å². The molecule has 0 spiro atoms. The van der Waals surface area contributed by atoms with Crippen LogP contribution in [0.4, 0.5) is 0 Å². The molecule has 23 heavy (non-hydrogen) atoms. The van der Waals surface area contributed by atoms with Crippen LogP contribution in [0.25, 0.3) is 0 Å². The van der Waals surface area contributed by atoms with E-state index in [0.717, 1.165) is 12.2 Å². The molecule has 1 unspecified atom stereocenters. The van der Waals surface area contributed by atoms with Crippen molar-refractivity contribution in [3.8, 4) is 5.75 Å². The summed E-state index contributed by atoms with van der Waals surface area (Å²) in [5.74, 6) is 0.674. The Hall–Kier alpha value is -2.34. The predicted molar refractivity (Wildman–Crippen MR) is 88.8 cm³/mol. The minimum absolute atomic E-state index is 0.0166. The summed E-state index contributed by atoms with van der Waals surface area (Å²) in [5.41, 5.74) is 1.18. The van der Waals surface area contributed by atoms with Gasteiger partial charge in [0.25, 0.3) is 5.91 Å². The summed E-state index contributed by atoms with van der Waals surface area (Å²) in [6.45, 7) is 0.806. The van der Waals surface area contributed by atoms with Crippen molar-refractivity contribution in [1.29, 1.82) is 0 Å². The second kappa shape index (κ2) is 7.28. The third kappa shape index (κ3) is 4.10. The molecule has 5 nitrogen and oxygen atoms in total. The van der Waals surface area contributed by atoms with Crippen LogP contribution in [0.2, 0.25) is 0 Å². The fourth-order valence-electron chi connectivity index (χ4n) is 2.47. The summed E-state index contributed by atoms with van der Waals surface area (Å²) in [6, 6.07) is 11.5. The summed E-state index contributed by atoms with van der Waals surface area (Å²) in [6.07, 6.45) is 1.06. The van der Waals surface area contributed by atoms with Gasteiger partial charge in [0.1, 0.15) is 11.9 Å². The summed E-state index contributed by atoms with van der Waals surface area (Å²) in [4.78, 5) is 24.2. The van der Waals surface area contributed by atoms with Crippen LogP contribution in [0.15, 0.2) is 41.8 Å². The largest absolute Gasteiger partial charge is 0.488 e. The number of amides is 2. The molecule has 2 amide bonds. The molecule has 1 atom stereocenters. The van der Waals surface area contributed by atoms with Crippen LogP contribution >= 0.6 is 11.3 Å².